The summed E-state index contributed by atoms with van der Waals surface area (Å²) in [6.45, 7) is 1.55. The third kappa shape index (κ3) is 3.74. The number of aliphatic hydroxyl groups is 1. The molecular formula is C12H16BrFO3. The van der Waals surface area contributed by atoms with E-state index < -0.39 is 11.9 Å². The van der Waals surface area contributed by atoms with Crippen LogP contribution in [0, 0.1) is 5.82 Å². The van der Waals surface area contributed by atoms with Gasteiger partial charge in [0.15, 0.2) is 6.29 Å². The number of rotatable bonds is 5. The summed E-state index contributed by atoms with van der Waals surface area (Å²) >= 11 is 3.26. The monoisotopic (exact) mass is 306 g/mol. The molecule has 0 saturated carbocycles. The Hall–Kier alpha value is -0.490. The number of halogens is 2. The first-order chi connectivity index (χ1) is 7.90. The topological polar surface area (TPSA) is 38.7 Å². The molecule has 0 fully saturated rings. The molecule has 0 aliphatic heterocycles. The summed E-state index contributed by atoms with van der Waals surface area (Å²) in [6.07, 6.45) is -0.703. The van der Waals surface area contributed by atoms with Gasteiger partial charge in [-0.15, -0.1) is 0 Å². The van der Waals surface area contributed by atoms with E-state index in [-0.39, 0.29) is 12.2 Å². The fraction of sp³-hybridized carbons (Fsp3) is 0.500. The summed E-state index contributed by atoms with van der Waals surface area (Å²) in [5, 5.41) is 10.2. The SMILES string of the molecule is COC(OC)C(C)(O)Cc1cc(Br)ccc1F. The fourth-order valence-corrected chi connectivity index (χ4v) is 2.16. The lowest BCUT2D eigenvalue weighted by molar-refractivity contribution is -0.207. The molecule has 96 valence electrons. The van der Waals surface area contributed by atoms with Crippen molar-refractivity contribution in [2.45, 2.75) is 25.2 Å². The molecule has 0 bridgehead atoms. The number of benzene rings is 1. The van der Waals surface area contributed by atoms with E-state index in [1.807, 2.05) is 0 Å². The summed E-state index contributed by atoms with van der Waals surface area (Å²) < 4.78 is 24.3. The minimum absolute atomic E-state index is 0.102. The molecule has 1 aromatic rings. The van der Waals surface area contributed by atoms with Crippen molar-refractivity contribution in [2.24, 2.45) is 0 Å². The molecule has 0 aliphatic rings. The van der Waals surface area contributed by atoms with E-state index in [9.17, 15) is 9.50 Å². The second-order valence-corrected chi connectivity index (χ2v) is 4.99. The highest BCUT2D eigenvalue weighted by atomic mass is 79.9. The molecular weight excluding hydrogens is 291 g/mol. The summed E-state index contributed by atoms with van der Waals surface area (Å²) in [5.41, 5.74) is -0.894. The van der Waals surface area contributed by atoms with E-state index in [2.05, 4.69) is 15.9 Å². The lowest BCUT2D eigenvalue weighted by Crippen LogP contribution is -2.44. The first kappa shape index (κ1) is 14.6. The van der Waals surface area contributed by atoms with Gasteiger partial charge in [-0.3, -0.25) is 0 Å². The third-order valence-corrected chi connectivity index (χ3v) is 2.99. The van der Waals surface area contributed by atoms with Crippen LogP contribution in [-0.4, -0.2) is 31.2 Å². The molecule has 1 rings (SSSR count). The van der Waals surface area contributed by atoms with Crippen molar-refractivity contribution in [3.63, 3.8) is 0 Å². The van der Waals surface area contributed by atoms with Crippen LogP contribution in [0.25, 0.3) is 0 Å². The van der Waals surface area contributed by atoms with E-state index in [0.29, 0.717) is 5.56 Å². The Morgan fingerprint density at radius 2 is 2.00 bits per heavy atom. The zero-order valence-electron chi connectivity index (χ0n) is 10.0. The van der Waals surface area contributed by atoms with Gasteiger partial charge in [0.05, 0.1) is 0 Å². The van der Waals surface area contributed by atoms with Crippen molar-refractivity contribution in [1.29, 1.82) is 0 Å². The Balaban J connectivity index is 2.92. The van der Waals surface area contributed by atoms with Crippen LogP contribution in [-0.2, 0) is 15.9 Å². The van der Waals surface area contributed by atoms with E-state index in [1.54, 1.807) is 19.1 Å². The third-order valence-electron chi connectivity index (χ3n) is 2.49. The molecule has 1 unspecified atom stereocenters. The van der Waals surface area contributed by atoms with Gasteiger partial charge >= 0.3 is 0 Å². The number of hydrogen-bond donors (Lipinski definition) is 1. The molecule has 0 radical (unpaired) electrons. The normalized spacial score (nSPS) is 15.0. The first-order valence-electron chi connectivity index (χ1n) is 5.12. The molecule has 0 aromatic heterocycles. The highest BCUT2D eigenvalue weighted by Gasteiger charge is 2.33. The Kier molecular flexibility index (Phi) is 5.06. The van der Waals surface area contributed by atoms with Crippen LogP contribution in [0.15, 0.2) is 22.7 Å². The Morgan fingerprint density at radius 1 is 1.41 bits per heavy atom. The minimum Gasteiger partial charge on any atom is -0.385 e. The predicted octanol–water partition coefficient (Wildman–Crippen LogP) is 2.50. The molecule has 0 aliphatic carbocycles. The Bertz CT molecular complexity index is 378. The van der Waals surface area contributed by atoms with E-state index in [0.717, 1.165) is 4.47 Å². The smallest absolute Gasteiger partial charge is 0.185 e. The van der Waals surface area contributed by atoms with Crippen LogP contribution in [0.2, 0.25) is 0 Å². The van der Waals surface area contributed by atoms with Gasteiger partial charge in [-0.2, -0.15) is 0 Å². The second kappa shape index (κ2) is 5.91. The molecule has 0 heterocycles. The molecule has 1 N–H and O–H groups in total. The minimum atomic E-state index is -1.30. The fourth-order valence-electron chi connectivity index (χ4n) is 1.75. The molecule has 0 spiro atoms. The number of methoxy groups -OCH3 is 2. The lowest BCUT2D eigenvalue weighted by atomic mass is 9.95. The maximum absolute atomic E-state index is 13.6. The van der Waals surface area contributed by atoms with Gasteiger partial charge in [0.2, 0.25) is 0 Å². The maximum atomic E-state index is 13.6. The molecule has 3 nitrogen and oxygen atoms in total. The van der Waals surface area contributed by atoms with Gasteiger partial charge in [-0.25, -0.2) is 4.39 Å². The summed E-state index contributed by atoms with van der Waals surface area (Å²) in [6, 6.07) is 4.59. The van der Waals surface area contributed by atoms with Gasteiger partial charge in [0.25, 0.3) is 0 Å². The van der Waals surface area contributed by atoms with E-state index in [4.69, 9.17) is 9.47 Å². The van der Waals surface area contributed by atoms with Crippen molar-refractivity contribution < 1.29 is 19.0 Å². The predicted molar refractivity (Wildman–Crippen MR) is 66.2 cm³/mol. The molecule has 17 heavy (non-hydrogen) atoms. The molecule has 1 aromatic carbocycles. The van der Waals surface area contributed by atoms with Crippen molar-refractivity contribution >= 4 is 15.9 Å². The van der Waals surface area contributed by atoms with Crippen LogP contribution in [0.3, 0.4) is 0 Å². The number of hydrogen-bond acceptors (Lipinski definition) is 3. The first-order valence-corrected chi connectivity index (χ1v) is 5.92. The van der Waals surface area contributed by atoms with Crippen LogP contribution in [0.5, 0.6) is 0 Å². The standard InChI is InChI=1S/C12H16BrFO3/c1-12(15,11(16-2)17-3)7-8-6-9(13)4-5-10(8)14/h4-6,11,15H,7H2,1-3H3. The van der Waals surface area contributed by atoms with Crippen LogP contribution in [0.4, 0.5) is 4.39 Å². The van der Waals surface area contributed by atoms with Gasteiger partial charge in [0, 0.05) is 25.1 Å². The zero-order valence-corrected chi connectivity index (χ0v) is 11.6. The van der Waals surface area contributed by atoms with Gasteiger partial charge in [0.1, 0.15) is 11.4 Å². The van der Waals surface area contributed by atoms with Crippen molar-refractivity contribution in [3.05, 3.63) is 34.1 Å². The maximum Gasteiger partial charge on any atom is 0.185 e. The molecule has 0 saturated heterocycles. The van der Waals surface area contributed by atoms with Crippen molar-refractivity contribution in [3.8, 4) is 0 Å². The highest BCUT2D eigenvalue weighted by molar-refractivity contribution is 9.10. The van der Waals surface area contributed by atoms with Gasteiger partial charge in [-0.1, -0.05) is 15.9 Å². The van der Waals surface area contributed by atoms with Crippen molar-refractivity contribution in [2.75, 3.05) is 14.2 Å². The van der Waals surface area contributed by atoms with Crippen LogP contribution >= 0.6 is 15.9 Å². The van der Waals surface area contributed by atoms with Gasteiger partial charge < -0.3 is 14.6 Å². The largest absolute Gasteiger partial charge is 0.385 e. The van der Waals surface area contributed by atoms with Crippen molar-refractivity contribution in [1.82, 2.24) is 0 Å². The molecule has 1 atom stereocenters. The lowest BCUT2D eigenvalue weighted by Gasteiger charge is -2.30. The molecule has 0 amide bonds. The Labute approximate surface area is 109 Å². The Morgan fingerprint density at radius 3 is 2.53 bits per heavy atom. The van der Waals surface area contributed by atoms with Gasteiger partial charge in [-0.05, 0) is 30.7 Å². The summed E-state index contributed by atoms with van der Waals surface area (Å²) in [5.74, 6) is -0.362. The van der Waals surface area contributed by atoms with Crippen LogP contribution < -0.4 is 0 Å². The quantitative estimate of drug-likeness (QED) is 0.850. The van der Waals surface area contributed by atoms with Crippen LogP contribution in [0.1, 0.15) is 12.5 Å². The average Bonchev–Trinajstić information content (AvgIpc) is 2.24. The van der Waals surface area contributed by atoms with E-state index in [1.165, 1.54) is 20.3 Å². The average molecular weight is 307 g/mol. The second-order valence-electron chi connectivity index (χ2n) is 4.07. The summed E-state index contributed by atoms with van der Waals surface area (Å²) in [7, 11) is 2.86. The molecule has 5 heteroatoms. The zero-order chi connectivity index (χ0) is 13.1. The highest BCUT2D eigenvalue weighted by Crippen LogP contribution is 2.24. The van der Waals surface area contributed by atoms with E-state index >= 15 is 0 Å². The number of ether oxygens (including phenoxy) is 2. The summed E-state index contributed by atoms with van der Waals surface area (Å²) in [4.78, 5) is 0.